The molecule has 0 amide bonds. The summed E-state index contributed by atoms with van der Waals surface area (Å²) in [5.41, 5.74) is 2.17. The standard InChI is InChI=1S/C11H10N2S/c1-9-2-4-10(5-3-9)11(6-12)7-14-8-13/h2-5,11H,7H2,1H3. The van der Waals surface area contributed by atoms with Gasteiger partial charge in [0.15, 0.2) is 0 Å². The number of thioether (sulfide) groups is 1. The van der Waals surface area contributed by atoms with Crippen molar-refractivity contribution in [3.8, 4) is 11.5 Å². The van der Waals surface area contributed by atoms with E-state index in [1.807, 2.05) is 36.6 Å². The van der Waals surface area contributed by atoms with Crippen LogP contribution in [0.1, 0.15) is 17.0 Å². The van der Waals surface area contributed by atoms with Gasteiger partial charge in [-0.2, -0.15) is 10.5 Å². The monoisotopic (exact) mass is 202 g/mol. The molecular weight excluding hydrogens is 192 g/mol. The summed E-state index contributed by atoms with van der Waals surface area (Å²) in [6.45, 7) is 2.01. The summed E-state index contributed by atoms with van der Waals surface area (Å²) in [6.07, 6.45) is 0. The van der Waals surface area contributed by atoms with E-state index in [2.05, 4.69) is 6.07 Å². The van der Waals surface area contributed by atoms with E-state index in [0.29, 0.717) is 5.75 Å². The lowest BCUT2D eigenvalue weighted by molar-refractivity contribution is 0.998. The normalized spacial score (nSPS) is 11.4. The number of nitrogens with zero attached hydrogens (tertiary/aromatic N) is 2. The highest BCUT2D eigenvalue weighted by Crippen LogP contribution is 2.19. The molecule has 0 N–H and O–H groups in total. The van der Waals surface area contributed by atoms with E-state index in [0.717, 1.165) is 17.3 Å². The minimum atomic E-state index is -0.180. The molecule has 70 valence electrons. The SMILES string of the molecule is Cc1ccc(C(C#N)CSC#N)cc1. The average molecular weight is 202 g/mol. The van der Waals surface area contributed by atoms with Crippen molar-refractivity contribution in [3.05, 3.63) is 35.4 Å². The van der Waals surface area contributed by atoms with Crippen molar-refractivity contribution in [3.63, 3.8) is 0 Å². The Bertz CT molecular complexity index is 370. The van der Waals surface area contributed by atoms with Gasteiger partial charge in [-0.15, -0.1) is 0 Å². The second-order valence-electron chi connectivity index (χ2n) is 2.99. The number of hydrogen-bond acceptors (Lipinski definition) is 3. The minimum absolute atomic E-state index is 0.180. The molecule has 0 aliphatic rings. The zero-order chi connectivity index (χ0) is 10.4. The van der Waals surface area contributed by atoms with Gasteiger partial charge in [-0.1, -0.05) is 29.8 Å². The lowest BCUT2D eigenvalue weighted by atomic mass is 10.0. The fraction of sp³-hybridized carbons (Fsp3) is 0.273. The van der Waals surface area contributed by atoms with Crippen LogP contribution in [0, 0.1) is 28.9 Å². The van der Waals surface area contributed by atoms with Crippen LogP contribution in [0.25, 0.3) is 0 Å². The maximum absolute atomic E-state index is 8.90. The molecule has 0 bridgehead atoms. The smallest absolute Gasteiger partial charge is 0.133 e. The van der Waals surface area contributed by atoms with Crippen molar-refractivity contribution in [1.29, 1.82) is 10.5 Å². The number of rotatable bonds is 3. The summed E-state index contributed by atoms with van der Waals surface area (Å²) in [7, 11) is 0. The Kier molecular flexibility index (Phi) is 4.04. The lowest BCUT2D eigenvalue weighted by Crippen LogP contribution is -1.98. The first-order valence-electron chi connectivity index (χ1n) is 4.25. The largest absolute Gasteiger partial charge is 0.198 e. The molecule has 0 saturated heterocycles. The van der Waals surface area contributed by atoms with E-state index >= 15 is 0 Å². The van der Waals surface area contributed by atoms with Gasteiger partial charge in [0.2, 0.25) is 0 Å². The summed E-state index contributed by atoms with van der Waals surface area (Å²) < 4.78 is 0. The van der Waals surface area contributed by atoms with E-state index in [1.165, 1.54) is 5.56 Å². The first-order valence-corrected chi connectivity index (χ1v) is 5.23. The van der Waals surface area contributed by atoms with Gasteiger partial charge in [0.25, 0.3) is 0 Å². The Balaban J connectivity index is 2.76. The third-order valence-electron chi connectivity index (χ3n) is 1.95. The molecule has 0 spiro atoms. The number of hydrogen-bond donors (Lipinski definition) is 0. The van der Waals surface area contributed by atoms with Gasteiger partial charge >= 0.3 is 0 Å². The zero-order valence-electron chi connectivity index (χ0n) is 7.90. The number of benzene rings is 1. The topological polar surface area (TPSA) is 47.6 Å². The predicted octanol–water partition coefficient (Wildman–Crippen LogP) is 2.82. The van der Waals surface area contributed by atoms with Crippen LogP contribution in [0.2, 0.25) is 0 Å². The Hall–Kier alpha value is -1.45. The van der Waals surface area contributed by atoms with Crippen molar-refractivity contribution in [1.82, 2.24) is 0 Å². The maximum Gasteiger partial charge on any atom is 0.133 e. The number of thiocyanates is 1. The highest BCUT2D eigenvalue weighted by atomic mass is 32.2. The number of aryl methyl sites for hydroxylation is 1. The van der Waals surface area contributed by atoms with Gasteiger partial charge < -0.3 is 0 Å². The Morgan fingerprint density at radius 2 is 1.93 bits per heavy atom. The molecule has 1 unspecified atom stereocenters. The summed E-state index contributed by atoms with van der Waals surface area (Å²) in [5, 5.41) is 19.3. The molecule has 0 saturated carbocycles. The van der Waals surface area contributed by atoms with Crippen LogP contribution in [-0.2, 0) is 0 Å². The molecule has 1 atom stereocenters. The molecule has 1 aromatic carbocycles. The summed E-state index contributed by atoms with van der Waals surface area (Å²) in [4.78, 5) is 0. The fourth-order valence-electron chi connectivity index (χ4n) is 1.13. The Morgan fingerprint density at radius 3 is 2.43 bits per heavy atom. The van der Waals surface area contributed by atoms with Gasteiger partial charge in [-0.3, -0.25) is 0 Å². The zero-order valence-corrected chi connectivity index (χ0v) is 8.71. The Labute approximate surface area is 88.2 Å². The summed E-state index contributed by atoms with van der Waals surface area (Å²) in [6, 6.07) is 10.1. The van der Waals surface area contributed by atoms with E-state index in [1.54, 1.807) is 0 Å². The molecule has 0 aromatic heterocycles. The third kappa shape index (κ3) is 2.80. The Morgan fingerprint density at radius 1 is 1.29 bits per heavy atom. The molecular formula is C11H10N2S. The van der Waals surface area contributed by atoms with Crippen LogP contribution in [0.15, 0.2) is 24.3 Å². The molecule has 0 heterocycles. The molecule has 3 heteroatoms. The van der Waals surface area contributed by atoms with Crippen molar-refractivity contribution in [2.75, 3.05) is 5.75 Å². The third-order valence-corrected chi connectivity index (χ3v) is 2.58. The molecule has 0 radical (unpaired) electrons. The van der Waals surface area contributed by atoms with Crippen molar-refractivity contribution in [2.24, 2.45) is 0 Å². The van der Waals surface area contributed by atoms with Crippen LogP contribution in [0.4, 0.5) is 0 Å². The van der Waals surface area contributed by atoms with E-state index in [-0.39, 0.29) is 5.92 Å². The molecule has 0 aliphatic carbocycles. The summed E-state index contributed by atoms with van der Waals surface area (Å²) >= 11 is 1.12. The average Bonchev–Trinajstić information content (AvgIpc) is 2.21. The molecule has 1 rings (SSSR count). The summed E-state index contributed by atoms with van der Waals surface area (Å²) in [5.74, 6) is 0.357. The van der Waals surface area contributed by atoms with E-state index in [4.69, 9.17) is 10.5 Å². The molecule has 14 heavy (non-hydrogen) atoms. The van der Waals surface area contributed by atoms with Crippen LogP contribution in [0.5, 0.6) is 0 Å². The number of nitriles is 2. The van der Waals surface area contributed by atoms with E-state index in [9.17, 15) is 0 Å². The van der Waals surface area contributed by atoms with Gasteiger partial charge in [-0.05, 0) is 24.2 Å². The van der Waals surface area contributed by atoms with E-state index < -0.39 is 0 Å². The van der Waals surface area contributed by atoms with Gasteiger partial charge in [0.1, 0.15) is 5.40 Å². The lowest BCUT2D eigenvalue weighted by Gasteiger charge is -2.06. The van der Waals surface area contributed by atoms with Crippen LogP contribution < -0.4 is 0 Å². The quantitative estimate of drug-likeness (QED) is 0.708. The van der Waals surface area contributed by atoms with Crippen molar-refractivity contribution >= 4 is 11.8 Å². The van der Waals surface area contributed by atoms with Crippen molar-refractivity contribution < 1.29 is 0 Å². The first kappa shape index (κ1) is 10.6. The first-order chi connectivity index (χ1) is 6.77. The molecule has 2 nitrogen and oxygen atoms in total. The highest BCUT2D eigenvalue weighted by molar-refractivity contribution is 8.03. The van der Waals surface area contributed by atoms with Crippen LogP contribution >= 0.6 is 11.8 Å². The molecule has 0 aliphatic heterocycles. The van der Waals surface area contributed by atoms with Crippen LogP contribution in [-0.4, -0.2) is 5.75 Å². The minimum Gasteiger partial charge on any atom is -0.198 e. The van der Waals surface area contributed by atoms with Gasteiger partial charge in [0.05, 0.1) is 12.0 Å². The second kappa shape index (κ2) is 5.32. The van der Waals surface area contributed by atoms with Gasteiger partial charge in [-0.25, -0.2) is 0 Å². The predicted molar refractivity (Wildman–Crippen MR) is 57.6 cm³/mol. The molecule has 1 aromatic rings. The van der Waals surface area contributed by atoms with Gasteiger partial charge in [0, 0.05) is 5.75 Å². The second-order valence-corrected chi connectivity index (χ2v) is 3.80. The fourth-order valence-corrected chi connectivity index (χ4v) is 1.64. The highest BCUT2D eigenvalue weighted by Gasteiger charge is 2.09. The molecule has 0 fully saturated rings. The van der Waals surface area contributed by atoms with Crippen molar-refractivity contribution in [2.45, 2.75) is 12.8 Å². The van der Waals surface area contributed by atoms with Crippen LogP contribution in [0.3, 0.4) is 0 Å². The maximum atomic E-state index is 8.90.